The van der Waals surface area contributed by atoms with Crippen molar-refractivity contribution in [2.75, 3.05) is 26.7 Å². The highest BCUT2D eigenvalue weighted by atomic mass is 35.5. The number of carbonyl (C=O) groups excluding carboxylic acids is 1. The number of carbonyl (C=O) groups is 1. The van der Waals surface area contributed by atoms with Gasteiger partial charge in [-0.05, 0) is 30.5 Å². The zero-order valence-corrected chi connectivity index (χ0v) is 14.6. The Labute approximate surface area is 148 Å². The lowest BCUT2D eigenvalue weighted by molar-refractivity contribution is 0.0773. The molecule has 5 heteroatoms. The van der Waals surface area contributed by atoms with Crippen LogP contribution >= 0.6 is 11.6 Å². The molecule has 0 aliphatic carbocycles. The quantitative estimate of drug-likeness (QED) is 0.835. The maximum atomic E-state index is 12.5. The SMILES string of the molecule is CN(C[C@H]1CCN(Cc2ccccc2)C1)C(=O)c1ccncc1Cl. The fraction of sp³-hybridized carbons (Fsp3) is 0.368. The average molecular weight is 344 g/mol. The minimum atomic E-state index is -0.0380. The van der Waals surface area contributed by atoms with Gasteiger partial charge in [-0.2, -0.15) is 0 Å². The number of hydrogen-bond donors (Lipinski definition) is 0. The monoisotopic (exact) mass is 343 g/mol. The smallest absolute Gasteiger partial charge is 0.255 e. The average Bonchev–Trinajstić information content (AvgIpc) is 3.02. The molecule has 4 nitrogen and oxygen atoms in total. The molecule has 2 aromatic rings. The zero-order chi connectivity index (χ0) is 16.9. The van der Waals surface area contributed by atoms with Crippen molar-refractivity contribution in [3.63, 3.8) is 0 Å². The summed E-state index contributed by atoms with van der Waals surface area (Å²) in [7, 11) is 1.85. The van der Waals surface area contributed by atoms with E-state index >= 15 is 0 Å². The third kappa shape index (κ3) is 4.13. The first-order chi connectivity index (χ1) is 11.6. The molecule has 0 spiro atoms. The van der Waals surface area contributed by atoms with Crippen LogP contribution in [0.3, 0.4) is 0 Å². The standard InChI is InChI=1S/C19H22ClN3O/c1-22(19(24)17-7-9-21-11-18(17)20)12-16-8-10-23(14-16)13-15-5-3-2-4-6-15/h2-7,9,11,16H,8,10,12-14H2,1H3/t16-/m1/s1. The van der Waals surface area contributed by atoms with E-state index in [0.29, 0.717) is 16.5 Å². The Balaban J connectivity index is 1.53. The lowest BCUT2D eigenvalue weighted by atomic mass is 10.1. The normalized spacial score (nSPS) is 17.8. The van der Waals surface area contributed by atoms with Crippen LogP contribution in [0, 0.1) is 5.92 Å². The molecule has 1 aromatic carbocycles. The molecule has 0 bridgehead atoms. The van der Waals surface area contributed by atoms with E-state index in [1.165, 1.54) is 11.8 Å². The summed E-state index contributed by atoms with van der Waals surface area (Å²) in [5, 5.41) is 0.409. The maximum absolute atomic E-state index is 12.5. The first-order valence-electron chi connectivity index (χ1n) is 8.24. The highest BCUT2D eigenvalue weighted by molar-refractivity contribution is 6.33. The van der Waals surface area contributed by atoms with E-state index in [1.54, 1.807) is 17.2 Å². The molecule has 2 heterocycles. The van der Waals surface area contributed by atoms with Gasteiger partial charge in [0.1, 0.15) is 0 Å². The molecule has 0 N–H and O–H groups in total. The summed E-state index contributed by atoms with van der Waals surface area (Å²) < 4.78 is 0. The summed E-state index contributed by atoms with van der Waals surface area (Å²) in [6, 6.07) is 12.2. The van der Waals surface area contributed by atoms with Gasteiger partial charge in [-0.15, -0.1) is 0 Å². The van der Waals surface area contributed by atoms with Gasteiger partial charge in [0, 0.05) is 39.1 Å². The van der Waals surface area contributed by atoms with Gasteiger partial charge in [0.15, 0.2) is 0 Å². The molecule has 3 rings (SSSR count). The van der Waals surface area contributed by atoms with Crippen LogP contribution in [0.5, 0.6) is 0 Å². The maximum Gasteiger partial charge on any atom is 0.255 e. The highest BCUT2D eigenvalue weighted by Gasteiger charge is 2.25. The van der Waals surface area contributed by atoms with Crippen molar-refractivity contribution in [1.82, 2.24) is 14.8 Å². The number of hydrogen-bond acceptors (Lipinski definition) is 3. The van der Waals surface area contributed by atoms with Gasteiger partial charge >= 0.3 is 0 Å². The van der Waals surface area contributed by atoms with Crippen LogP contribution < -0.4 is 0 Å². The number of amides is 1. The number of halogens is 1. The number of benzene rings is 1. The Morgan fingerprint density at radius 2 is 2.12 bits per heavy atom. The Bertz CT molecular complexity index is 692. The van der Waals surface area contributed by atoms with Crippen molar-refractivity contribution >= 4 is 17.5 Å². The fourth-order valence-corrected chi connectivity index (χ4v) is 3.47. The molecule has 0 radical (unpaired) electrons. The van der Waals surface area contributed by atoms with Crippen molar-refractivity contribution in [3.8, 4) is 0 Å². The number of aromatic nitrogens is 1. The Morgan fingerprint density at radius 3 is 2.88 bits per heavy atom. The van der Waals surface area contributed by atoms with Crippen molar-refractivity contribution in [3.05, 3.63) is 64.9 Å². The molecule has 1 atom stereocenters. The summed E-state index contributed by atoms with van der Waals surface area (Å²) in [6.45, 7) is 3.84. The minimum absolute atomic E-state index is 0.0380. The molecule has 1 aliphatic heterocycles. The number of likely N-dealkylation sites (tertiary alicyclic amines) is 1. The predicted octanol–water partition coefficient (Wildman–Crippen LogP) is 3.33. The fourth-order valence-electron chi connectivity index (χ4n) is 3.27. The van der Waals surface area contributed by atoms with Crippen LogP contribution in [-0.2, 0) is 6.54 Å². The van der Waals surface area contributed by atoms with E-state index in [2.05, 4.69) is 34.1 Å². The van der Waals surface area contributed by atoms with Gasteiger partial charge in [0.25, 0.3) is 5.91 Å². The molecule has 1 aliphatic rings. The van der Waals surface area contributed by atoms with Crippen molar-refractivity contribution in [2.24, 2.45) is 5.92 Å². The van der Waals surface area contributed by atoms with E-state index in [1.807, 2.05) is 13.1 Å². The summed E-state index contributed by atoms with van der Waals surface area (Å²) >= 11 is 6.08. The molecule has 1 amide bonds. The lowest BCUT2D eigenvalue weighted by Gasteiger charge is -2.22. The second-order valence-corrected chi connectivity index (χ2v) is 6.82. The Kier molecular flexibility index (Phi) is 5.48. The second-order valence-electron chi connectivity index (χ2n) is 6.42. The number of rotatable bonds is 5. The lowest BCUT2D eigenvalue weighted by Crippen LogP contribution is -2.33. The van der Waals surface area contributed by atoms with Gasteiger partial charge in [-0.25, -0.2) is 0 Å². The van der Waals surface area contributed by atoms with Gasteiger partial charge in [0.2, 0.25) is 0 Å². The summed E-state index contributed by atoms with van der Waals surface area (Å²) in [5.41, 5.74) is 1.86. The van der Waals surface area contributed by atoms with Crippen LogP contribution in [0.15, 0.2) is 48.8 Å². The van der Waals surface area contributed by atoms with E-state index in [4.69, 9.17) is 11.6 Å². The van der Waals surface area contributed by atoms with Gasteiger partial charge in [-0.3, -0.25) is 14.7 Å². The van der Waals surface area contributed by atoms with Crippen LogP contribution in [0.25, 0.3) is 0 Å². The first kappa shape index (κ1) is 16.9. The van der Waals surface area contributed by atoms with Crippen molar-refractivity contribution in [1.29, 1.82) is 0 Å². The Hall–Kier alpha value is -1.91. The molecule has 24 heavy (non-hydrogen) atoms. The Morgan fingerprint density at radius 1 is 1.33 bits per heavy atom. The number of nitrogens with zero attached hydrogens (tertiary/aromatic N) is 3. The molecule has 1 aromatic heterocycles. The van der Waals surface area contributed by atoms with Gasteiger partial charge < -0.3 is 4.90 Å². The molecule has 126 valence electrons. The largest absolute Gasteiger partial charge is 0.341 e. The van der Waals surface area contributed by atoms with E-state index in [-0.39, 0.29) is 5.91 Å². The van der Waals surface area contributed by atoms with E-state index in [9.17, 15) is 4.79 Å². The second kappa shape index (κ2) is 7.77. The molecule has 1 fully saturated rings. The van der Waals surface area contributed by atoms with Crippen LogP contribution in [0.2, 0.25) is 5.02 Å². The third-order valence-electron chi connectivity index (χ3n) is 4.50. The molecule has 1 saturated heterocycles. The van der Waals surface area contributed by atoms with Gasteiger partial charge in [0.05, 0.1) is 10.6 Å². The molecular formula is C19H22ClN3O. The van der Waals surface area contributed by atoms with Crippen molar-refractivity contribution in [2.45, 2.75) is 13.0 Å². The van der Waals surface area contributed by atoms with Crippen molar-refractivity contribution < 1.29 is 4.79 Å². The highest BCUT2D eigenvalue weighted by Crippen LogP contribution is 2.21. The first-order valence-corrected chi connectivity index (χ1v) is 8.62. The summed E-state index contributed by atoms with van der Waals surface area (Å²) in [5.74, 6) is 0.465. The van der Waals surface area contributed by atoms with Crippen LogP contribution in [-0.4, -0.2) is 47.4 Å². The zero-order valence-electron chi connectivity index (χ0n) is 13.9. The summed E-state index contributed by atoms with van der Waals surface area (Å²) in [6.07, 6.45) is 4.23. The van der Waals surface area contributed by atoms with Crippen LogP contribution in [0.1, 0.15) is 22.3 Å². The molecular weight excluding hydrogens is 322 g/mol. The molecule has 0 saturated carbocycles. The van der Waals surface area contributed by atoms with E-state index in [0.717, 1.165) is 32.6 Å². The van der Waals surface area contributed by atoms with E-state index < -0.39 is 0 Å². The van der Waals surface area contributed by atoms with Crippen LogP contribution in [0.4, 0.5) is 0 Å². The predicted molar refractivity (Wildman–Crippen MR) is 96.0 cm³/mol. The molecule has 0 unspecified atom stereocenters. The number of pyridine rings is 1. The topological polar surface area (TPSA) is 36.4 Å². The third-order valence-corrected chi connectivity index (χ3v) is 4.80. The summed E-state index contributed by atoms with van der Waals surface area (Å²) in [4.78, 5) is 20.7. The van der Waals surface area contributed by atoms with Gasteiger partial charge in [-0.1, -0.05) is 41.9 Å². The minimum Gasteiger partial charge on any atom is -0.341 e.